The minimum atomic E-state index is -3.22. The molecule has 0 spiro atoms. The molecule has 0 aromatic rings. The van der Waals surface area contributed by atoms with Crippen molar-refractivity contribution in [3.05, 3.63) is 11.6 Å². The smallest absolute Gasteiger partial charge is 0.221 e. The monoisotopic (exact) mass is 316 g/mol. The van der Waals surface area contributed by atoms with Crippen LogP contribution in [0.15, 0.2) is 11.6 Å². The van der Waals surface area contributed by atoms with Crippen LogP contribution in [0.4, 0.5) is 0 Å². The molecule has 0 aromatic heterocycles. The highest BCUT2D eigenvalue weighted by atomic mass is 32.2. The summed E-state index contributed by atoms with van der Waals surface area (Å²) in [5, 5.41) is 2.88. The number of allylic oxidation sites excluding steroid dienone is 1. The summed E-state index contributed by atoms with van der Waals surface area (Å²) in [7, 11) is -3.22. The third kappa shape index (κ3) is 7.62. The minimum Gasteiger partial charge on any atom is -0.356 e. The van der Waals surface area contributed by atoms with Crippen LogP contribution in [-0.2, 0) is 14.8 Å². The maximum absolute atomic E-state index is 11.8. The van der Waals surface area contributed by atoms with Crippen molar-refractivity contribution >= 4 is 15.9 Å². The maximum Gasteiger partial charge on any atom is 0.221 e. The maximum atomic E-state index is 11.8. The summed E-state index contributed by atoms with van der Waals surface area (Å²) in [5.41, 5.74) is 1.44. The molecule has 0 unspecified atom stereocenters. The molecule has 0 saturated carbocycles. The molecule has 1 N–H and O–H groups in total. The fourth-order valence-electron chi connectivity index (χ4n) is 2.50. The second-order valence-corrected chi connectivity index (χ2v) is 7.60. The molecule has 6 heteroatoms. The largest absolute Gasteiger partial charge is 0.356 e. The Hall–Kier alpha value is -0.880. The van der Waals surface area contributed by atoms with Crippen LogP contribution < -0.4 is 5.32 Å². The molecule has 0 heterocycles. The molecule has 21 heavy (non-hydrogen) atoms. The van der Waals surface area contributed by atoms with E-state index in [2.05, 4.69) is 11.4 Å². The molecule has 1 aliphatic carbocycles. The molecule has 0 aromatic carbocycles. The number of nitrogens with zero attached hydrogens (tertiary/aromatic N) is 1. The zero-order valence-corrected chi connectivity index (χ0v) is 14.0. The predicted octanol–water partition coefficient (Wildman–Crippen LogP) is 2.05. The van der Waals surface area contributed by atoms with Crippen LogP contribution in [-0.4, -0.2) is 44.5 Å². The lowest BCUT2D eigenvalue weighted by Crippen LogP contribution is -2.35. The van der Waals surface area contributed by atoms with E-state index in [1.165, 1.54) is 29.0 Å². The summed E-state index contributed by atoms with van der Waals surface area (Å²) < 4.78 is 24.5. The number of carbonyl (C=O) groups excluding carboxylic acids is 1. The lowest BCUT2D eigenvalue weighted by Gasteiger charge is -2.18. The van der Waals surface area contributed by atoms with Gasteiger partial charge in [-0.15, -0.1) is 0 Å². The first-order valence-corrected chi connectivity index (χ1v) is 9.68. The fourth-order valence-corrected chi connectivity index (χ4v) is 3.44. The summed E-state index contributed by atoms with van der Waals surface area (Å²) in [4.78, 5) is 11.8. The van der Waals surface area contributed by atoms with Crippen LogP contribution in [0.5, 0.6) is 0 Å². The van der Waals surface area contributed by atoms with Crippen LogP contribution in [0.2, 0.25) is 0 Å². The molecule has 0 radical (unpaired) electrons. The Kier molecular flexibility index (Phi) is 7.96. The number of sulfonamides is 1. The van der Waals surface area contributed by atoms with Gasteiger partial charge >= 0.3 is 0 Å². The van der Waals surface area contributed by atoms with Crippen molar-refractivity contribution in [3.63, 3.8) is 0 Å². The molecule has 1 rings (SSSR count). The van der Waals surface area contributed by atoms with Crippen LogP contribution >= 0.6 is 0 Å². The Morgan fingerprint density at radius 1 is 1.33 bits per heavy atom. The predicted molar refractivity (Wildman–Crippen MR) is 85.5 cm³/mol. The van der Waals surface area contributed by atoms with Gasteiger partial charge in [-0.2, -0.15) is 0 Å². The molecule has 1 amide bonds. The van der Waals surface area contributed by atoms with Gasteiger partial charge in [0.05, 0.1) is 6.26 Å². The van der Waals surface area contributed by atoms with Crippen molar-refractivity contribution < 1.29 is 13.2 Å². The number of hydrogen-bond donors (Lipinski definition) is 1. The molecule has 0 atom stereocenters. The van der Waals surface area contributed by atoms with Gasteiger partial charge in [-0.05, 0) is 38.5 Å². The van der Waals surface area contributed by atoms with Crippen LogP contribution in [0.25, 0.3) is 0 Å². The summed E-state index contributed by atoms with van der Waals surface area (Å²) >= 11 is 0. The van der Waals surface area contributed by atoms with Crippen molar-refractivity contribution in [2.75, 3.05) is 25.9 Å². The number of rotatable bonds is 9. The molecule has 0 aliphatic heterocycles. The summed E-state index contributed by atoms with van der Waals surface area (Å²) in [6.07, 6.45) is 10.2. The van der Waals surface area contributed by atoms with Gasteiger partial charge in [-0.25, -0.2) is 12.7 Å². The third-order valence-electron chi connectivity index (χ3n) is 3.68. The fraction of sp³-hybridized carbons (Fsp3) is 0.800. The first-order valence-electron chi connectivity index (χ1n) is 7.83. The van der Waals surface area contributed by atoms with E-state index in [-0.39, 0.29) is 18.9 Å². The van der Waals surface area contributed by atoms with Crippen molar-refractivity contribution in [1.82, 2.24) is 9.62 Å². The van der Waals surface area contributed by atoms with Crippen molar-refractivity contribution in [2.45, 2.75) is 51.9 Å². The average molecular weight is 316 g/mol. The van der Waals surface area contributed by atoms with E-state index in [1.807, 2.05) is 6.92 Å². The van der Waals surface area contributed by atoms with Crippen molar-refractivity contribution in [2.24, 2.45) is 0 Å². The topological polar surface area (TPSA) is 66.5 Å². The Labute approximate surface area is 128 Å². The molecule has 0 fully saturated rings. The van der Waals surface area contributed by atoms with E-state index in [0.29, 0.717) is 13.1 Å². The number of carbonyl (C=O) groups is 1. The van der Waals surface area contributed by atoms with Crippen LogP contribution in [0, 0.1) is 0 Å². The summed E-state index contributed by atoms with van der Waals surface area (Å²) in [6, 6.07) is 0. The van der Waals surface area contributed by atoms with Gasteiger partial charge < -0.3 is 5.32 Å². The van der Waals surface area contributed by atoms with Gasteiger partial charge in [0.15, 0.2) is 0 Å². The van der Waals surface area contributed by atoms with Gasteiger partial charge in [0.2, 0.25) is 15.9 Å². The number of amides is 1. The second kappa shape index (κ2) is 9.20. The normalized spacial score (nSPS) is 15.9. The lowest BCUT2D eigenvalue weighted by atomic mass is 9.97. The standard InChI is InChI=1S/C15H28N2O3S/c1-3-12-17(21(2,19)20)13-10-15(18)16-11-9-14-7-5-4-6-8-14/h7H,3-6,8-13H2,1-2H3,(H,16,18). The average Bonchev–Trinajstić information content (AvgIpc) is 2.43. The van der Waals surface area contributed by atoms with E-state index in [4.69, 9.17) is 0 Å². The van der Waals surface area contributed by atoms with Crippen LogP contribution in [0.1, 0.15) is 51.9 Å². The summed E-state index contributed by atoms with van der Waals surface area (Å²) in [5.74, 6) is -0.0730. The Morgan fingerprint density at radius 2 is 2.10 bits per heavy atom. The zero-order valence-electron chi connectivity index (χ0n) is 13.2. The first kappa shape index (κ1) is 18.2. The molecule has 0 bridgehead atoms. The lowest BCUT2D eigenvalue weighted by molar-refractivity contribution is -0.121. The van der Waals surface area contributed by atoms with Gasteiger partial charge in [0.25, 0.3) is 0 Å². The molecular weight excluding hydrogens is 288 g/mol. The van der Waals surface area contributed by atoms with Gasteiger partial charge in [0.1, 0.15) is 0 Å². The number of nitrogens with one attached hydrogen (secondary N) is 1. The Bertz CT molecular complexity index is 458. The highest BCUT2D eigenvalue weighted by Crippen LogP contribution is 2.19. The van der Waals surface area contributed by atoms with E-state index in [1.54, 1.807) is 0 Å². The van der Waals surface area contributed by atoms with E-state index < -0.39 is 10.0 Å². The molecule has 1 aliphatic rings. The first-order chi connectivity index (χ1) is 9.93. The Morgan fingerprint density at radius 3 is 2.67 bits per heavy atom. The second-order valence-electron chi connectivity index (χ2n) is 5.62. The van der Waals surface area contributed by atoms with E-state index >= 15 is 0 Å². The summed E-state index contributed by atoms with van der Waals surface area (Å²) in [6.45, 7) is 3.31. The quantitative estimate of drug-likeness (QED) is 0.662. The van der Waals surface area contributed by atoms with Crippen molar-refractivity contribution in [3.8, 4) is 0 Å². The van der Waals surface area contributed by atoms with E-state index in [9.17, 15) is 13.2 Å². The van der Waals surface area contributed by atoms with Crippen molar-refractivity contribution in [1.29, 1.82) is 0 Å². The highest BCUT2D eigenvalue weighted by Gasteiger charge is 2.16. The van der Waals surface area contributed by atoms with Crippen LogP contribution in [0.3, 0.4) is 0 Å². The highest BCUT2D eigenvalue weighted by molar-refractivity contribution is 7.88. The molecule has 0 saturated heterocycles. The third-order valence-corrected chi connectivity index (χ3v) is 4.99. The zero-order chi connectivity index (χ0) is 15.7. The SMILES string of the molecule is CCCN(CCC(=O)NCCC1=CCCCC1)S(C)(=O)=O. The van der Waals surface area contributed by atoms with Gasteiger partial charge in [-0.3, -0.25) is 4.79 Å². The Balaban J connectivity index is 2.25. The molecular formula is C15H28N2O3S. The minimum absolute atomic E-state index is 0.0730. The van der Waals surface area contributed by atoms with Gasteiger partial charge in [0, 0.05) is 26.1 Å². The van der Waals surface area contributed by atoms with Gasteiger partial charge in [-0.1, -0.05) is 18.6 Å². The van der Waals surface area contributed by atoms with E-state index in [0.717, 1.165) is 25.7 Å². The molecule has 122 valence electrons. The molecule has 5 nitrogen and oxygen atoms in total. The number of hydrogen-bond acceptors (Lipinski definition) is 3.